The van der Waals surface area contributed by atoms with Crippen LogP contribution in [-0.4, -0.2) is 38.9 Å². The van der Waals surface area contributed by atoms with Crippen LogP contribution in [0.15, 0.2) is 48.8 Å². The first kappa shape index (κ1) is 20.9. The zero-order valence-corrected chi connectivity index (χ0v) is 18.7. The maximum Gasteiger partial charge on any atom is 0.253 e. The van der Waals surface area contributed by atoms with Crippen molar-refractivity contribution in [1.82, 2.24) is 24.6 Å². The number of amides is 1. The number of rotatable bonds is 5. The van der Waals surface area contributed by atoms with Crippen LogP contribution in [0.4, 0.5) is 4.39 Å². The average Bonchev–Trinajstić information content (AvgIpc) is 3.31. The Morgan fingerprint density at radius 3 is 2.67 bits per heavy atom. The number of methoxy groups -OCH3 is 1. The maximum absolute atomic E-state index is 13.8. The molecule has 168 valence electrons. The number of nitrogens with one attached hydrogen (secondary N) is 1. The first-order valence-corrected chi connectivity index (χ1v) is 10.7. The number of halogens is 1. The quantitative estimate of drug-likeness (QED) is 0.508. The van der Waals surface area contributed by atoms with E-state index in [4.69, 9.17) is 4.74 Å². The van der Waals surface area contributed by atoms with Crippen LogP contribution in [0.3, 0.4) is 0 Å². The highest BCUT2D eigenvalue weighted by Crippen LogP contribution is 2.43. The number of aromatic nitrogens is 4. The van der Waals surface area contributed by atoms with E-state index < -0.39 is 0 Å². The third-order valence-electron chi connectivity index (χ3n) is 6.06. The molecule has 33 heavy (non-hydrogen) atoms. The molecule has 0 aliphatic carbocycles. The lowest BCUT2D eigenvalue weighted by Gasteiger charge is -2.18. The zero-order valence-electron chi connectivity index (χ0n) is 18.7. The third-order valence-corrected chi connectivity index (χ3v) is 6.06. The van der Waals surface area contributed by atoms with Gasteiger partial charge in [0.25, 0.3) is 5.91 Å². The molecule has 0 atom stereocenters. The van der Waals surface area contributed by atoms with Crippen molar-refractivity contribution in [1.29, 1.82) is 0 Å². The summed E-state index contributed by atoms with van der Waals surface area (Å²) in [4.78, 5) is 17.4. The number of carbonyl (C=O) groups excluding carboxylic acids is 1. The Labute approximate surface area is 190 Å². The predicted molar refractivity (Wildman–Crippen MR) is 123 cm³/mol. The van der Waals surface area contributed by atoms with Crippen LogP contribution >= 0.6 is 0 Å². The number of carbonyl (C=O) groups is 1. The molecule has 5 rings (SSSR count). The molecular formula is C25H24FN5O2. The van der Waals surface area contributed by atoms with Gasteiger partial charge in [-0.15, -0.1) is 0 Å². The van der Waals surface area contributed by atoms with Gasteiger partial charge in [0.15, 0.2) is 0 Å². The first-order chi connectivity index (χ1) is 16.0. The lowest BCUT2D eigenvalue weighted by molar-refractivity contribution is 0.0946. The number of benzene rings is 1. The largest absolute Gasteiger partial charge is 0.494 e. The molecule has 1 N–H and O–H groups in total. The second-order valence-corrected chi connectivity index (χ2v) is 8.12. The van der Waals surface area contributed by atoms with E-state index in [1.165, 1.54) is 12.1 Å². The van der Waals surface area contributed by atoms with Crippen LogP contribution in [0, 0.1) is 12.7 Å². The fraction of sp³-hybridized carbons (Fsp3) is 0.240. The van der Waals surface area contributed by atoms with E-state index in [0.717, 1.165) is 39.5 Å². The minimum Gasteiger partial charge on any atom is -0.494 e. The summed E-state index contributed by atoms with van der Waals surface area (Å²) in [7, 11) is 3.51. The van der Waals surface area contributed by atoms with Gasteiger partial charge >= 0.3 is 0 Å². The smallest absolute Gasteiger partial charge is 0.253 e. The number of pyridine rings is 1. The molecule has 0 saturated carbocycles. The number of aryl methyl sites for hydroxylation is 2. The standard InChI is InChI=1S/C25H24FN5O2/c1-15-12-18(30(2)29-15)14-31-20-9-11-28-25(32)23(20)22(16-4-6-17(26)7-5-16)24(31)19-8-10-27-13-21(19)33-3/h4-8,10,12-13H,9,11,14H2,1-3H3,(H,28,32). The SMILES string of the molecule is COc1cnccc1-c1c(-c2ccc(F)cc2)c2c(n1Cc1cc(C)nn1C)CCNC2=O. The Morgan fingerprint density at radius 1 is 1.18 bits per heavy atom. The summed E-state index contributed by atoms with van der Waals surface area (Å²) in [5.41, 5.74) is 6.65. The van der Waals surface area contributed by atoms with Crippen LogP contribution in [0.2, 0.25) is 0 Å². The van der Waals surface area contributed by atoms with Crippen LogP contribution in [0.5, 0.6) is 5.75 Å². The zero-order chi connectivity index (χ0) is 23.1. The van der Waals surface area contributed by atoms with Crippen LogP contribution < -0.4 is 10.1 Å². The van der Waals surface area contributed by atoms with E-state index >= 15 is 0 Å². The molecule has 1 aliphatic rings. The number of hydrogen-bond donors (Lipinski definition) is 1. The highest BCUT2D eigenvalue weighted by atomic mass is 19.1. The molecular weight excluding hydrogens is 421 g/mol. The molecule has 7 nitrogen and oxygen atoms in total. The summed E-state index contributed by atoms with van der Waals surface area (Å²) >= 11 is 0. The van der Waals surface area contributed by atoms with Gasteiger partial charge in [-0.2, -0.15) is 5.10 Å². The fourth-order valence-corrected chi connectivity index (χ4v) is 4.62. The monoisotopic (exact) mass is 445 g/mol. The van der Waals surface area contributed by atoms with Crippen LogP contribution in [-0.2, 0) is 20.0 Å². The number of hydrogen-bond acceptors (Lipinski definition) is 4. The van der Waals surface area contributed by atoms with Gasteiger partial charge in [0.05, 0.1) is 42.5 Å². The van der Waals surface area contributed by atoms with Gasteiger partial charge in [0.2, 0.25) is 0 Å². The number of nitrogens with zero attached hydrogens (tertiary/aromatic N) is 4. The van der Waals surface area contributed by atoms with Gasteiger partial charge in [-0.25, -0.2) is 4.39 Å². The molecule has 1 aromatic carbocycles. The van der Waals surface area contributed by atoms with Crippen LogP contribution in [0.1, 0.15) is 27.4 Å². The molecule has 0 bridgehead atoms. The first-order valence-electron chi connectivity index (χ1n) is 10.7. The van der Waals surface area contributed by atoms with Gasteiger partial charge in [0.1, 0.15) is 11.6 Å². The molecule has 0 saturated heterocycles. The van der Waals surface area contributed by atoms with Gasteiger partial charge in [-0.3, -0.25) is 14.5 Å². The molecule has 8 heteroatoms. The van der Waals surface area contributed by atoms with E-state index in [9.17, 15) is 9.18 Å². The lowest BCUT2D eigenvalue weighted by atomic mass is 9.95. The summed E-state index contributed by atoms with van der Waals surface area (Å²) in [6, 6.07) is 10.2. The normalized spacial score (nSPS) is 13.0. The fourth-order valence-electron chi connectivity index (χ4n) is 4.62. The lowest BCUT2D eigenvalue weighted by Crippen LogP contribution is -2.32. The molecule has 4 aromatic rings. The minimum absolute atomic E-state index is 0.134. The molecule has 1 amide bonds. The van der Waals surface area contributed by atoms with E-state index in [1.54, 1.807) is 31.6 Å². The predicted octanol–water partition coefficient (Wildman–Crippen LogP) is 3.74. The Balaban J connectivity index is 1.86. The topological polar surface area (TPSA) is 74.0 Å². The van der Waals surface area contributed by atoms with Gasteiger partial charge in [-0.1, -0.05) is 12.1 Å². The Kier molecular flexibility index (Phi) is 5.20. The molecule has 0 unspecified atom stereocenters. The van der Waals surface area contributed by atoms with Crippen molar-refractivity contribution in [2.45, 2.75) is 19.9 Å². The highest BCUT2D eigenvalue weighted by Gasteiger charge is 2.32. The third kappa shape index (κ3) is 3.57. The number of fused-ring (bicyclic) bond motifs is 1. The summed E-state index contributed by atoms with van der Waals surface area (Å²) < 4.78 is 23.4. The van der Waals surface area contributed by atoms with Crippen molar-refractivity contribution in [3.63, 3.8) is 0 Å². The molecule has 0 fully saturated rings. The Hall–Kier alpha value is -3.94. The van der Waals surface area contributed by atoms with E-state index in [-0.39, 0.29) is 11.7 Å². The van der Waals surface area contributed by atoms with E-state index in [2.05, 4.69) is 20.0 Å². The van der Waals surface area contributed by atoms with Crippen molar-refractivity contribution in [2.24, 2.45) is 7.05 Å². The Bertz CT molecular complexity index is 1350. The maximum atomic E-state index is 13.8. The molecule has 0 radical (unpaired) electrons. The van der Waals surface area contributed by atoms with Gasteiger partial charge in [-0.05, 0) is 36.8 Å². The molecule has 4 heterocycles. The van der Waals surface area contributed by atoms with Crippen molar-refractivity contribution in [2.75, 3.05) is 13.7 Å². The van der Waals surface area contributed by atoms with Gasteiger partial charge in [0, 0.05) is 43.0 Å². The van der Waals surface area contributed by atoms with Gasteiger partial charge < -0.3 is 14.6 Å². The summed E-state index contributed by atoms with van der Waals surface area (Å²) in [6.07, 6.45) is 4.05. The minimum atomic E-state index is -0.329. The van der Waals surface area contributed by atoms with Crippen molar-refractivity contribution < 1.29 is 13.9 Å². The summed E-state index contributed by atoms with van der Waals surface area (Å²) in [6.45, 7) is 3.03. The number of ether oxygens (including phenoxy) is 1. The van der Waals surface area contributed by atoms with Crippen molar-refractivity contribution in [3.05, 3.63) is 77.3 Å². The van der Waals surface area contributed by atoms with Crippen molar-refractivity contribution in [3.8, 4) is 28.1 Å². The summed E-state index contributed by atoms with van der Waals surface area (Å²) in [5.74, 6) is 0.133. The van der Waals surface area contributed by atoms with E-state index in [1.807, 2.05) is 30.8 Å². The van der Waals surface area contributed by atoms with E-state index in [0.29, 0.717) is 30.8 Å². The highest BCUT2D eigenvalue weighted by molar-refractivity contribution is 6.07. The van der Waals surface area contributed by atoms with Crippen molar-refractivity contribution >= 4 is 5.91 Å². The second kappa shape index (κ2) is 8.20. The molecule has 0 spiro atoms. The second-order valence-electron chi connectivity index (χ2n) is 8.12. The average molecular weight is 445 g/mol. The summed E-state index contributed by atoms with van der Waals surface area (Å²) in [5, 5.41) is 7.46. The molecule has 3 aromatic heterocycles. The van der Waals surface area contributed by atoms with Crippen LogP contribution in [0.25, 0.3) is 22.4 Å². The molecule has 1 aliphatic heterocycles. The Morgan fingerprint density at radius 2 is 1.97 bits per heavy atom.